The molecule has 8 nitrogen and oxygen atoms in total. The van der Waals surface area contributed by atoms with Gasteiger partial charge in [-0.2, -0.15) is 0 Å². The van der Waals surface area contributed by atoms with Crippen LogP contribution >= 0.6 is 0 Å². The molecule has 1 aliphatic heterocycles. The number of aryl methyl sites for hydroxylation is 2. The van der Waals surface area contributed by atoms with Crippen LogP contribution in [0.1, 0.15) is 24.0 Å². The number of anilines is 2. The fourth-order valence-electron chi connectivity index (χ4n) is 3.97. The Morgan fingerprint density at radius 2 is 1.76 bits per heavy atom. The third kappa shape index (κ3) is 5.53. The van der Waals surface area contributed by atoms with Gasteiger partial charge in [0, 0.05) is 22.9 Å². The van der Waals surface area contributed by atoms with E-state index in [1.807, 2.05) is 44.2 Å². The van der Waals surface area contributed by atoms with Crippen molar-refractivity contribution < 1.29 is 22.4 Å². The van der Waals surface area contributed by atoms with Gasteiger partial charge in [0.05, 0.1) is 11.5 Å². The first-order valence-electron chi connectivity index (χ1n) is 11.1. The van der Waals surface area contributed by atoms with Gasteiger partial charge < -0.3 is 14.6 Å². The third-order valence-corrected chi connectivity index (χ3v) is 7.89. The molecule has 34 heavy (non-hydrogen) atoms. The SMILES string of the molecule is Cc1ccc(N(CC(=O)Nc2ccc(-c3cocn3)cc2)C(=O)C2CCS(=O)(=O)CC2)cc1C. The molecule has 2 heterocycles. The van der Waals surface area contributed by atoms with E-state index in [-0.39, 0.29) is 42.7 Å². The van der Waals surface area contributed by atoms with Gasteiger partial charge in [-0.1, -0.05) is 18.2 Å². The van der Waals surface area contributed by atoms with Gasteiger partial charge in [0.1, 0.15) is 28.3 Å². The summed E-state index contributed by atoms with van der Waals surface area (Å²) in [5, 5.41) is 2.84. The normalized spacial score (nSPS) is 15.6. The predicted molar refractivity (Wildman–Crippen MR) is 130 cm³/mol. The first kappa shape index (κ1) is 23.7. The number of nitrogens with one attached hydrogen (secondary N) is 1. The molecule has 0 bridgehead atoms. The van der Waals surface area contributed by atoms with E-state index in [4.69, 9.17) is 4.42 Å². The lowest BCUT2D eigenvalue weighted by molar-refractivity contribution is -0.124. The second kappa shape index (κ2) is 9.80. The van der Waals surface area contributed by atoms with E-state index in [0.717, 1.165) is 16.7 Å². The molecule has 178 valence electrons. The van der Waals surface area contributed by atoms with Crippen molar-refractivity contribution in [2.45, 2.75) is 26.7 Å². The van der Waals surface area contributed by atoms with Gasteiger partial charge >= 0.3 is 0 Å². The highest BCUT2D eigenvalue weighted by Gasteiger charge is 2.32. The molecule has 9 heteroatoms. The van der Waals surface area contributed by atoms with Crippen LogP contribution in [0.4, 0.5) is 11.4 Å². The number of oxazole rings is 1. The van der Waals surface area contributed by atoms with Crippen LogP contribution in [0.3, 0.4) is 0 Å². The van der Waals surface area contributed by atoms with Crippen LogP contribution < -0.4 is 10.2 Å². The number of sulfone groups is 1. The molecule has 1 aliphatic rings. The van der Waals surface area contributed by atoms with Gasteiger partial charge in [-0.25, -0.2) is 13.4 Å². The van der Waals surface area contributed by atoms with E-state index in [9.17, 15) is 18.0 Å². The third-order valence-electron chi connectivity index (χ3n) is 6.17. The number of amides is 2. The number of carbonyl (C=O) groups excluding carboxylic acids is 2. The fraction of sp³-hybridized carbons (Fsp3) is 0.320. The topological polar surface area (TPSA) is 110 Å². The lowest BCUT2D eigenvalue weighted by Gasteiger charge is -2.29. The standard InChI is InChI=1S/C25H27N3O5S/c1-17-3-8-22(13-18(17)2)28(25(30)20-9-11-34(31,32)12-10-20)14-24(29)27-21-6-4-19(5-7-21)23-15-33-16-26-23/h3-8,13,15-16,20H,9-12,14H2,1-2H3,(H,27,29). The minimum atomic E-state index is -3.10. The maximum atomic E-state index is 13.4. The Hall–Kier alpha value is -3.46. The molecule has 0 unspecified atom stereocenters. The quantitative estimate of drug-likeness (QED) is 0.574. The first-order chi connectivity index (χ1) is 16.2. The van der Waals surface area contributed by atoms with Crippen molar-refractivity contribution in [1.29, 1.82) is 0 Å². The van der Waals surface area contributed by atoms with E-state index in [2.05, 4.69) is 10.3 Å². The summed E-state index contributed by atoms with van der Waals surface area (Å²) in [5.41, 5.74) is 4.85. The molecule has 2 aromatic carbocycles. The number of hydrogen-bond donors (Lipinski definition) is 1. The van der Waals surface area contributed by atoms with Gasteiger partial charge in [0.15, 0.2) is 6.39 Å². The summed E-state index contributed by atoms with van der Waals surface area (Å²) < 4.78 is 28.6. The van der Waals surface area contributed by atoms with Crippen LogP contribution in [0.15, 0.2) is 59.5 Å². The Morgan fingerprint density at radius 3 is 2.38 bits per heavy atom. The Morgan fingerprint density at radius 1 is 1.06 bits per heavy atom. The van der Waals surface area contributed by atoms with E-state index in [0.29, 0.717) is 17.1 Å². The minimum Gasteiger partial charge on any atom is -0.451 e. The van der Waals surface area contributed by atoms with Crippen molar-refractivity contribution in [3.8, 4) is 11.3 Å². The number of carbonyl (C=O) groups is 2. The van der Waals surface area contributed by atoms with Crippen LogP contribution in [0, 0.1) is 19.8 Å². The highest BCUT2D eigenvalue weighted by Crippen LogP contribution is 2.26. The van der Waals surface area contributed by atoms with E-state index < -0.39 is 15.8 Å². The highest BCUT2D eigenvalue weighted by atomic mass is 32.2. The number of hydrogen-bond acceptors (Lipinski definition) is 6. The molecule has 0 spiro atoms. The number of rotatable bonds is 6. The van der Waals surface area contributed by atoms with Gasteiger partial charge in [-0.3, -0.25) is 9.59 Å². The fourth-order valence-corrected chi connectivity index (χ4v) is 5.46. The van der Waals surface area contributed by atoms with Crippen molar-refractivity contribution in [2.24, 2.45) is 5.92 Å². The van der Waals surface area contributed by atoms with Crippen molar-refractivity contribution >= 4 is 33.0 Å². The molecule has 1 fully saturated rings. The Labute approximate surface area is 198 Å². The number of nitrogens with zero attached hydrogens (tertiary/aromatic N) is 2. The average Bonchev–Trinajstić information content (AvgIpc) is 3.34. The summed E-state index contributed by atoms with van der Waals surface area (Å²) in [6.07, 6.45) is 3.43. The number of aromatic nitrogens is 1. The van der Waals surface area contributed by atoms with Crippen molar-refractivity contribution in [2.75, 3.05) is 28.3 Å². The summed E-state index contributed by atoms with van der Waals surface area (Å²) in [5.74, 6) is -1.01. The Balaban J connectivity index is 1.51. The van der Waals surface area contributed by atoms with E-state index in [1.165, 1.54) is 17.6 Å². The van der Waals surface area contributed by atoms with Crippen LogP contribution in [-0.4, -0.2) is 43.3 Å². The van der Waals surface area contributed by atoms with Gasteiger partial charge in [0.25, 0.3) is 0 Å². The average molecular weight is 482 g/mol. The smallest absolute Gasteiger partial charge is 0.244 e. The van der Waals surface area contributed by atoms with Gasteiger partial charge in [0.2, 0.25) is 11.8 Å². The molecule has 1 N–H and O–H groups in total. The lowest BCUT2D eigenvalue weighted by atomic mass is 10.00. The monoisotopic (exact) mass is 481 g/mol. The Bertz CT molecular complexity index is 1270. The van der Waals surface area contributed by atoms with Crippen LogP contribution in [-0.2, 0) is 19.4 Å². The molecule has 0 atom stereocenters. The predicted octanol–water partition coefficient (Wildman–Crippen LogP) is 3.75. The van der Waals surface area contributed by atoms with Crippen LogP contribution in [0.5, 0.6) is 0 Å². The summed E-state index contributed by atoms with van der Waals surface area (Å²) in [4.78, 5) is 31.9. The largest absolute Gasteiger partial charge is 0.451 e. The zero-order chi connectivity index (χ0) is 24.3. The second-order valence-electron chi connectivity index (χ2n) is 8.62. The van der Waals surface area contributed by atoms with E-state index >= 15 is 0 Å². The molecular formula is C25H27N3O5S. The second-order valence-corrected chi connectivity index (χ2v) is 10.9. The molecule has 0 radical (unpaired) electrons. The molecule has 0 aliphatic carbocycles. The molecule has 4 rings (SSSR count). The summed E-state index contributed by atoms with van der Waals surface area (Å²) >= 11 is 0. The minimum absolute atomic E-state index is 0.00572. The van der Waals surface area contributed by atoms with Gasteiger partial charge in [-0.05, 0) is 62.1 Å². The lowest BCUT2D eigenvalue weighted by Crippen LogP contribution is -2.43. The maximum Gasteiger partial charge on any atom is 0.244 e. The van der Waals surface area contributed by atoms with Crippen LogP contribution in [0.2, 0.25) is 0 Å². The zero-order valence-electron chi connectivity index (χ0n) is 19.2. The summed E-state index contributed by atoms with van der Waals surface area (Å²) in [7, 11) is -3.10. The van der Waals surface area contributed by atoms with Gasteiger partial charge in [-0.15, -0.1) is 0 Å². The van der Waals surface area contributed by atoms with Crippen molar-refractivity contribution in [3.05, 3.63) is 66.2 Å². The molecule has 1 aromatic heterocycles. The maximum absolute atomic E-state index is 13.4. The highest BCUT2D eigenvalue weighted by molar-refractivity contribution is 7.91. The first-order valence-corrected chi connectivity index (χ1v) is 12.9. The molecule has 3 aromatic rings. The van der Waals surface area contributed by atoms with Crippen molar-refractivity contribution in [3.63, 3.8) is 0 Å². The Kier molecular flexibility index (Phi) is 6.83. The zero-order valence-corrected chi connectivity index (χ0v) is 20.0. The summed E-state index contributed by atoms with van der Waals surface area (Å²) in [6, 6.07) is 12.8. The van der Waals surface area contributed by atoms with Crippen molar-refractivity contribution in [1.82, 2.24) is 4.98 Å². The number of benzene rings is 2. The molecule has 2 amide bonds. The van der Waals surface area contributed by atoms with E-state index in [1.54, 1.807) is 12.1 Å². The molecular weight excluding hydrogens is 454 g/mol. The van der Waals surface area contributed by atoms with Crippen LogP contribution in [0.25, 0.3) is 11.3 Å². The molecule has 1 saturated heterocycles. The molecule has 0 saturated carbocycles. The summed E-state index contributed by atoms with van der Waals surface area (Å²) in [6.45, 7) is 3.76.